The fourth-order valence-electron chi connectivity index (χ4n) is 2.57. The first-order valence-electron chi connectivity index (χ1n) is 9.33. The highest BCUT2D eigenvalue weighted by Gasteiger charge is 2.30. The largest absolute Gasteiger partial charge is 0.337 e. The van der Waals surface area contributed by atoms with Crippen LogP contribution in [0.1, 0.15) is 47.1 Å². The summed E-state index contributed by atoms with van der Waals surface area (Å²) in [6.45, 7) is 12.1. The first-order chi connectivity index (χ1) is 13.0. The summed E-state index contributed by atoms with van der Waals surface area (Å²) in [5, 5.41) is 21.3. The molecule has 0 saturated heterocycles. The lowest BCUT2D eigenvalue weighted by Crippen LogP contribution is -2.49. The second-order valence-corrected chi connectivity index (χ2v) is 9.44. The molecule has 1 unspecified atom stereocenters. The van der Waals surface area contributed by atoms with Crippen LogP contribution >= 0.6 is 11.8 Å². The van der Waals surface area contributed by atoms with Crippen LogP contribution < -0.4 is 5.32 Å². The summed E-state index contributed by atoms with van der Waals surface area (Å²) in [5.41, 5.74) is 1.46. The van der Waals surface area contributed by atoms with Gasteiger partial charge in [0.15, 0.2) is 11.0 Å². The highest BCUT2D eigenvalue weighted by Crippen LogP contribution is 2.27. The van der Waals surface area contributed by atoms with Gasteiger partial charge in [-0.2, -0.15) is 5.26 Å². The molecule has 0 bridgehead atoms. The number of carbonyl (C=O) groups excluding carboxylic acids is 1. The van der Waals surface area contributed by atoms with Crippen LogP contribution in [0.5, 0.6) is 0 Å². The van der Waals surface area contributed by atoms with Gasteiger partial charge in [-0.1, -0.05) is 70.6 Å². The number of hydrogen-bond acceptors (Lipinski definition) is 5. The number of hydrogen-bond donors (Lipinski definition) is 1. The predicted molar refractivity (Wildman–Crippen MR) is 113 cm³/mol. The molecule has 28 heavy (non-hydrogen) atoms. The molecule has 2 rings (SSSR count). The Kier molecular flexibility index (Phi) is 6.56. The topological polar surface area (TPSA) is 83.6 Å². The SMILES string of the molecule is CC(C)C(C)(C#N)NC(=O)CSc1nnc(-c2ccc(C(C)(C)C)cc2)n1C. The zero-order valence-corrected chi connectivity index (χ0v) is 18.5. The molecule has 0 fully saturated rings. The van der Waals surface area contributed by atoms with E-state index in [9.17, 15) is 10.1 Å². The summed E-state index contributed by atoms with van der Waals surface area (Å²) in [5.74, 6) is 0.761. The molecule has 1 N–H and O–H groups in total. The maximum absolute atomic E-state index is 12.3. The third kappa shape index (κ3) is 4.93. The molecule has 1 amide bonds. The van der Waals surface area contributed by atoms with E-state index in [4.69, 9.17) is 0 Å². The second kappa shape index (κ2) is 8.36. The smallest absolute Gasteiger partial charge is 0.231 e. The van der Waals surface area contributed by atoms with Crippen molar-refractivity contribution in [2.45, 2.75) is 57.7 Å². The van der Waals surface area contributed by atoms with Crippen molar-refractivity contribution in [2.75, 3.05) is 5.75 Å². The minimum Gasteiger partial charge on any atom is -0.337 e. The summed E-state index contributed by atoms with van der Waals surface area (Å²) in [7, 11) is 1.89. The van der Waals surface area contributed by atoms with Crippen molar-refractivity contribution in [3.63, 3.8) is 0 Å². The molecule has 0 saturated carbocycles. The molecule has 150 valence electrons. The Bertz CT molecular complexity index is 874. The van der Waals surface area contributed by atoms with E-state index in [-0.39, 0.29) is 23.0 Å². The third-order valence-corrected chi connectivity index (χ3v) is 5.98. The fraction of sp³-hybridized carbons (Fsp3) is 0.524. The van der Waals surface area contributed by atoms with Crippen LogP contribution in [0.25, 0.3) is 11.4 Å². The van der Waals surface area contributed by atoms with Crippen LogP contribution in [0, 0.1) is 17.2 Å². The van der Waals surface area contributed by atoms with Gasteiger partial charge in [0.2, 0.25) is 5.91 Å². The Morgan fingerprint density at radius 2 is 1.82 bits per heavy atom. The minimum absolute atomic E-state index is 0.0175. The average molecular weight is 400 g/mol. The van der Waals surface area contributed by atoms with Gasteiger partial charge < -0.3 is 9.88 Å². The van der Waals surface area contributed by atoms with Crippen molar-refractivity contribution >= 4 is 17.7 Å². The monoisotopic (exact) mass is 399 g/mol. The molecule has 1 aromatic heterocycles. The summed E-state index contributed by atoms with van der Waals surface area (Å²) >= 11 is 1.31. The van der Waals surface area contributed by atoms with Crippen molar-refractivity contribution in [3.05, 3.63) is 29.8 Å². The number of nitrogens with one attached hydrogen (secondary N) is 1. The Morgan fingerprint density at radius 1 is 1.21 bits per heavy atom. The lowest BCUT2D eigenvalue weighted by Gasteiger charge is -2.27. The Morgan fingerprint density at radius 3 is 2.32 bits per heavy atom. The molecule has 6 nitrogen and oxygen atoms in total. The van der Waals surface area contributed by atoms with E-state index in [1.165, 1.54) is 17.3 Å². The lowest BCUT2D eigenvalue weighted by molar-refractivity contribution is -0.120. The quantitative estimate of drug-likeness (QED) is 0.744. The average Bonchev–Trinajstić information content (AvgIpc) is 2.99. The summed E-state index contributed by atoms with van der Waals surface area (Å²) < 4.78 is 1.88. The number of aromatic nitrogens is 3. The normalized spacial score (nSPS) is 13.8. The molecule has 1 atom stereocenters. The van der Waals surface area contributed by atoms with Crippen LogP contribution in [-0.4, -0.2) is 32.0 Å². The summed E-state index contributed by atoms with van der Waals surface area (Å²) in [6, 6.07) is 10.5. The van der Waals surface area contributed by atoms with E-state index in [2.05, 4.69) is 54.5 Å². The van der Waals surface area contributed by atoms with Gasteiger partial charge in [0.1, 0.15) is 5.54 Å². The second-order valence-electron chi connectivity index (χ2n) is 8.50. The van der Waals surface area contributed by atoms with Gasteiger partial charge in [-0.3, -0.25) is 4.79 Å². The first-order valence-corrected chi connectivity index (χ1v) is 10.3. The number of nitrogens with zero attached hydrogens (tertiary/aromatic N) is 4. The molecule has 1 heterocycles. The molecule has 1 aromatic carbocycles. The zero-order chi connectivity index (χ0) is 21.1. The van der Waals surface area contributed by atoms with Crippen LogP contribution in [0.3, 0.4) is 0 Å². The van der Waals surface area contributed by atoms with Gasteiger partial charge in [-0.15, -0.1) is 10.2 Å². The van der Waals surface area contributed by atoms with Gasteiger partial charge in [-0.25, -0.2) is 0 Å². The molecule has 0 aliphatic rings. The highest BCUT2D eigenvalue weighted by molar-refractivity contribution is 7.99. The van der Waals surface area contributed by atoms with Gasteiger partial charge >= 0.3 is 0 Å². The molecule has 0 aliphatic carbocycles. The van der Waals surface area contributed by atoms with Crippen LogP contribution in [-0.2, 0) is 17.3 Å². The van der Waals surface area contributed by atoms with Gasteiger partial charge in [0, 0.05) is 12.6 Å². The van der Waals surface area contributed by atoms with Crippen molar-refractivity contribution in [3.8, 4) is 17.5 Å². The van der Waals surface area contributed by atoms with Crippen LogP contribution in [0.4, 0.5) is 0 Å². The number of carbonyl (C=O) groups is 1. The van der Waals surface area contributed by atoms with Crippen LogP contribution in [0.15, 0.2) is 29.4 Å². The maximum Gasteiger partial charge on any atom is 0.231 e. The van der Waals surface area contributed by atoms with E-state index < -0.39 is 5.54 Å². The van der Waals surface area contributed by atoms with Crippen molar-refractivity contribution in [2.24, 2.45) is 13.0 Å². The van der Waals surface area contributed by atoms with Gasteiger partial charge in [0.05, 0.1) is 11.8 Å². The molecule has 2 aromatic rings. The van der Waals surface area contributed by atoms with Gasteiger partial charge in [0.25, 0.3) is 0 Å². The van der Waals surface area contributed by atoms with Crippen molar-refractivity contribution in [1.82, 2.24) is 20.1 Å². The molecular formula is C21H29N5OS. The van der Waals surface area contributed by atoms with E-state index in [1.807, 2.05) is 37.6 Å². The number of thioether (sulfide) groups is 1. The Labute approximate surface area is 171 Å². The number of nitriles is 1. The first kappa shape index (κ1) is 22.0. The fourth-order valence-corrected chi connectivity index (χ4v) is 3.28. The van der Waals surface area contributed by atoms with Crippen molar-refractivity contribution in [1.29, 1.82) is 5.26 Å². The van der Waals surface area contributed by atoms with E-state index in [1.54, 1.807) is 6.92 Å². The molecular weight excluding hydrogens is 370 g/mol. The molecule has 0 radical (unpaired) electrons. The Hall–Kier alpha value is -2.33. The number of amides is 1. The standard InChI is InChI=1S/C21H29N5OS/c1-14(2)21(6,13-22)23-17(27)12-28-19-25-24-18(26(19)7)15-8-10-16(11-9-15)20(3,4)5/h8-11,14H,12H2,1-7H3,(H,23,27). The van der Waals surface area contributed by atoms with Gasteiger partial charge in [-0.05, 0) is 23.8 Å². The zero-order valence-electron chi connectivity index (χ0n) is 17.7. The maximum atomic E-state index is 12.3. The Balaban J connectivity index is 2.07. The van der Waals surface area contributed by atoms with E-state index >= 15 is 0 Å². The predicted octanol–water partition coefficient (Wildman–Crippen LogP) is 3.93. The third-order valence-electron chi connectivity index (χ3n) is 4.96. The van der Waals surface area contributed by atoms with E-state index in [0.29, 0.717) is 5.16 Å². The number of rotatable bonds is 6. The highest BCUT2D eigenvalue weighted by atomic mass is 32.2. The lowest BCUT2D eigenvalue weighted by atomic mass is 9.87. The molecule has 0 aliphatic heterocycles. The summed E-state index contributed by atoms with van der Waals surface area (Å²) in [4.78, 5) is 12.3. The molecule has 0 spiro atoms. The van der Waals surface area contributed by atoms with Crippen molar-refractivity contribution < 1.29 is 4.79 Å². The number of benzene rings is 1. The molecule has 7 heteroatoms. The summed E-state index contributed by atoms with van der Waals surface area (Å²) in [6.07, 6.45) is 0. The minimum atomic E-state index is -0.877. The van der Waals surface area contributed by atoms with E-state index in [0.717, 1.165) is 11.4 Å². The van der Waals surface area contributed by atoms with Crippen LogP contribution in [0.2, 0.25) is 0 Å².